The van der Waals surface area contributed by atoms with Gasteiger partial charge in [0.25, 0.3) is 0 Å². The van der Waals surface area contributed by atoms with Crippen molar-refractivity contribution in [2.45, 2.75) is 24.3 Å². The number of sulfonamides is 1. The van der Waals surface area contributed by atoms with Crippen LogP contribution in [0.15, 0.2) is 64.3 Å². The predicted molar refractivity (Wildman–Crippen MR) is 114 cm³/mol. The smallest absolute Gasteiger partial charge is 0.248 e. The molecule has 1 aliphatic rings. The van der Waals surface area contributed by atoms with Crippen molar-refractivity contribution < 1.29 is 17.6 Å². The highest BCUT2D eigenvalue weighted by molar-refractivity contribution is 7.89. The fourth-order valence-corrected chi connectivity index (χ4v) is 5.31. The number of benzene rings is 2. The molecule has 3 aromatic rings. The number of pyridine rings is 1. The van der Waals surface area contributed by atoms with Gasteiger partial charge >= 0.3 is 0 Å². The molecule has 1 atom stereocenters. The van der Waals surface area contributed by atoms with E-state index >= 15 is 0 Å². The molecule has 4 rings (SSSR count). The number of carbonyl (C=O) groups is 1. The van der Waals surface area contributed by atoms with E-state index in [2.05, 4.69) is 10.3 Å². The molecule has 0 saturated carbocycles. The Kier molecular flexibility index (Phi) is 5.88. The normalized spacial score (nSPS) is 17.5. The maximum Gasteiger partial charge on any atom is 0.248 e. The Balaban J connectivity index is 1.46. The molecule has 1 aromatic heterocycles. The Morgan fingerprint density at radius 1 is 1.13 bits per heavy atom. The van der Waals surface area contributed by atoms with E-state index in [4.69, 9.17) is 0 Å². The molecule has 162 valence electrons. The second-order valence-electron chi connectivity index (χ2n) is 7.62. The highest BCUT2D eigenvalue weighted by atomic mass is 32.2. The minimum absolute atomic E-state index is 0.0985. The Morgan fingerprint density at radius 2 is 1.90 bits per heavy atom. The van der Waals surface area contributed by atoms with Gasteiger partial charge in [0.2, 0.25) is 21.5 Å². The van der Waals surface area contributed by atoms with Crippen molar-refractivity contribution in [3.63, 3.8) is 0 Å². The quantitative estimate of drug-likeness (QED) is 0.633. The molecule has 1 amide bonds. The summed E-state index contributed by atoms with van der Waals surface area (Å²) < 4.78 is 40.7. The van der Waals surface area contributed by atoms with Gasteiger partial charge in [0.1, 0.15) is 5.82 Å². The molecule has 9 heteroatoms. The molecule has 2 aromatic carbocycles. The van der Waals surface area contributed by atoms with Crippen LogP contribution in [0.25, 0.3) is 10.9 Å². The van der Waals surface area contributed by atoms with Crippen LogP contribution < -0.4 is 10.9 Å². The molecule has 0 radical (unpaired) electrons. The topological polar surface area (TPSA) is 99.3 Å². The Labute approximate surface area is 178 Å². The molecule has 1 fully saturated rings. The fourth-order valence-electron chi connectivity index (χ4n) is 3.75. The summed E-state index contributed by atoms with van der Waals surface area (Å²) >= 11 is 0. The van der Waals surface area contributed by atoms with Gasteiger partial charge < -0.3 is 10.3 Å². The van der Waals surface area contributed by atoms with Crippen molar-refractivity contribution in [1.29, 1.82) is 0 Å². The lowest BCUT2D eigenvalue weighted by atomic mass is 9.99. The third-order valence-corrected chi connectivity index (χ3v) is 7.33. The molecule has 7 nitrogen and oxygen atoms in total. The number of nitrogens with zero attached hydrogens (tertiary/aromatic N) is 1. The third-order valence-electron chi connectivity index (χ3n) is 5.47. The van der Waals surface area contributed by atoms with Gasteiger partial charge in [-0.25, -0.2) is 12.8 Å². The van der Waals surface area contributed by atoms with Crippen LogP contribution in [0.2, 0.25) is 0 Å². The molecular formula is C22H22FN3O4S. The van der Waals surface area contributed by atoms with Crippen molar-refractivity contribution in [3.05, 3.63) is 76.3 Å². The highest BCUT2D eigenvalue weighted by Crippen LogP contribution is 2.25. The van der Waals surface area contributed by atoms with Gasteiger partial charge in [0.05, 0.1) is 10.8 Å². The van der Waals surface area contributed by atoms with Crippen molar-refractivity contribution in [3.8, 4) is 0 Å². The second kappa shape index (κ2) is 8.60. The number of hydrogen-bond acceptors (Lipinski definition) is 4. The largest absolute Gasteiger partial charge is 0.352 e. The van der Waals surface area contributed by atoms with Gasteiger partial charge in [0.15, 0.2) is 0 Å². The van der Waals surface area contributed by atoms with Crippen molar-refractivity contribution in [1.82, 2.24) is 14.6 Å². The minimum Gasteiger partial charge on any atom is -0.352 e. The lowest BCUT2D eigenvalue weighted by Crippen LogP contribution is -2.45. The first-order chi connectivity index (χ1) is 14.8. The van der Waals surface area contributed by atoms with Crippen LogP contribution >= 0.6 is 0 Å². The second-order valence-corrected chi connectivity index (χ2v) is 9.56. The number of amides is 1. The zero-order chi connectivity index (χ0) is 22.0. The van der Waals surface area contributed by atoms with E-state index in [0.717, 1.165) is 5.56 Å². The number of fused-ring (bicyclic) bond motifs is 1. The number of nitrogens with one attached hydrogen (secondary N) is 2. The zero-order valence-corrected chi connectivity index (χ0v) is 17.5. The Hall–Kier alpha value is -3.04. The Morgan fingerprint density at radius 3 is 2.68 bits per heavy atom. The number of rotatable bonds is 5. The lowest BCUT2D eigenvalue weighted by molar-refractivity contribution is -0.126. The number of carbonyl (C=O) groups excluding carboxylic acids is 1. The molecule has 1 saturated heterocycles. The SMILES string of the molecule is O=C(NCc1ccc(F)cc1)[C@@H]1CCCN(S(=O)(=O)c2ccc3[nH]c(=O)ccc3c2)C1. The van der Waals surface area contributed by atoms with Crippen LogP contribution in [0.1, 0.15) is 18.4 Å². The molecule has 0 spiro atoms. The van der Waals surface area contributed by atoms with Gasteiger partial charge in [-0.1, -0.05) is 12.1 Å². The van der Waals surface area contributed by atoms with E-state index in [1.807, 2.05) is 0 Å². The molecular weight excluding hydrogens is 421 g/mol. The molecule has 31 heavy (non-hydrogen) atoms. The summed E-state index contributed by atoms with van der Waals surface area (Å²) in [6.07, 6.45) is 1.18. The first-order valence-electron chi connectivity index (χ1n) is 9.98. The summed E-state index contributed by atoms with van der Waals surface area (Å²) in [5.41, 5.74) is 1.07. The number of aromatic amines is 1. The highest BCUT2D eigenvalue weighted by Gasteiger charge is 2.33. The number of aromatic nitrogens is 1. The maximum atomic E-state index is 13.2. The van der Waals surface area contributed by atoms with Crippen LogP contribution in [0.3, 0.4) is 0 Å². The van der Waals surface area contributed by atoms with Crippen molar-refractivity contribution in [2.24, 2.45) is 5.92 Å². The van der Waals surface area contributed by atoms with Crippen LogP contribution in [0.5, 0.6) is 0 Å². The van der Waals surface area contributed by atoms with E-state index in [-0.39, 0.29) is 35.3 Å². The molecule has 1 aliphatic heterocycles. The van der Waals surface area contributed by atoms with E-state index < -0.39 is 15.9 Å². The van der Waals surface area contributed by atoms with Crippen LogP contribution in [0.4, 0.5) is 4.39 Å². The molecule has 2 heterocycles. The van der Waals surface area contributed by atoms with Gasteiger partial charge in [-0.15, -0.1) is 0 Å². The summed E-state index contributed by atoms with van der Waals surface area (Å²) in [6, 6.07) is 13.3. The van der Waals surface area contributed by atoms with Gasteiger partial charge in [-0.05, 0) is 60.2 Å². The third kappa shape index (κ3) is 4.67. The summed E-state index contributed by atoms with van der Waals surface area (Å²) in [5.74, 6) is -1.02. The molecule has 2 N–H and O–H groups in total. The van der Waals surface area contributed by atoms with Crippen molar-refractivity contribution in [2.75, 3.05) is 13.1 Å². The monoisotopic (exact) mass is 443 g/mol. The number of H-pyrrole nitrogens is 1. The minimum atomic E-state index is -3.78. The van der Waals surface area contributed by atoms with E-state index in [0.29, 0.717) is 30.3 Å². The van der Waals surface area contributed by atoms with Crippen LogP contribution in [-0.4, -0.2) is 36.7 Å². The van der Waals surface area contributed by atoms with E-state index in [9.17, 15) is 22.4 Å². The number of hydrogen-bond donors (Lipinski definition) is 2. The maximum absolute atomic E-state index is 13.2. The van der Waals surface area contributed by atoms with Crippen LogP contribution in [-0.2, 0) is 21.4 Å². The van der Waals surface area contributed by atoms with Crippen LogP contribution in [0, 0.1) is 11.7 Å². The molecule has 0 unspecified atom stereocenters. The van der Waals surface area contributed by atoms with Gasteiger partial charge in [-0.2, -0.15) is 4.31 Å². The average Bonchev–Trinajstić information content (AvgIpc) is 2.78. The first-order valence-corrected chi connectivity index (χ1v) is 11.4. The summed E-state index contributed by atoms with van der Waals surface area (Å²) in [7, 11) is -3.78. The molecule has 0 bridgehead atoms. The standard InChI is InChI=1S/C22H22FN3O4S/c23-18-6-3-15(4-7-18)13-24-22(28)17-2-1-11-26(14-17)31(29,30)19-8-9-20-16(12-19)5-10-21(27)25-20/h3-10,12,17H,1-2,11,13-14H2,(H,24,28)(H,25,27)/t17-/m1/s1. The van der Waals surface area contributed by atoms with Gasteiger partial charge in [0, 0.05) is 31.2 Å². The lowest BCUT2D eigenvalue weighted by Gasteiger charge is -2.31. The zero-order valence-electron chi connectivity index (χ0n) is 16.7. The first kappa shape index (κ1) is 21.2. The summed E-state index contributed by atoms with van der Waals surface area (Å²) in [6.45, 7) is 0.695. The number of piperidine rings is 1. The molecule has 0 aliphatic carbocycles. The Bertz CT molecular complexity index is 1270. The number of halogens is 1. The van der Waals surface area contributed by atoms with Crippen molar-refractivity contribution >= 4 is 26.8 Å². The average molecular weight is 444 g/mol. The van der Waals surface area contributed by atoms with Gasteiger partial charge in [-0.3, -0.25) is 9.59 Å². The van der Waals surface area contributed by atoms with E-state index in [1.165, 1.54) is 34.6 Å². The fraction of sp³-hybridized carbons (Fsp3) is 0.273. The summed E-state index contributed by atoms with van der Waals surface area (Å²) in [5, 5.41) is 3.43. The predicted octanol–water partition coefficient (Wildman–Crippen LogP) is 2.38. The summed E-state index contributed by atoms with van der Waals surface area (Å²) in [4.78, 5) is 26.8. The van der Waals surface area contributed by atoms with E-state index in [1.54, 1.807) is 24.3 Å².